The maximum Gasteiger partial charge on any atom is 0.253 e. The Hall–Kier alpha value is -0.650. The fourth-order valence-electron chi connectivity index (χ4n) is 2.46. The van der Waals surface area contributed by atoms with Gasteiger partial charge < -0.3 is 10.6 Å². The SMILES string of the molecule is CC(C)C(N)CCN(C)C(=O)c1ccc(C2SCCCS2)cc1. The monoisotopic (exact) mass is 352 g/mol. The van der Waals surface area contributed by atoms with E-state index in [1.54, 1.807) is 4.90 Å². The summed E-state index contributed by atoms with van der Waals surface area (Å²) in [6.45, 7) is 4.94. The highest BCUT2D eigenvalue weighted by Gasteiger charge is 2.18. The highest BCUT2D eigenvalue weighted by atomic mass is 32.2. The van der Waals surface area contributed by atoms with Crippen molar-refractivity contribution in [3.8, 4) is 0 Å². The van der Waals surface area contributed by atoms with E-state index in [0.29, 0.717) is 17.0 Å². The number of benzene rings is 1. The molecule has 2 rings (SSSR count). The summed E-state index contributed by atoms with van der Waals surface area (Å²) in [4.78, 5) is 14.3. The maximum atomic E-state index is 12.5. The first-order valence-corrected chi connectivity index (χ1v) is 10.4. The van der Waals surface area contributed by atoms with Crippen LogP contribution in [0.5, 0.6) is 0 Å². The highest BCUT2D eigenvalue weighted by molar-refractivity contribution is 8.16. The summed E-state index contributed by atoms with van der Waals surface area (Å²) in [5, 5.41) is 0. The van der Waals surface area contributed by atoms with Gasteiger partial charge >= 0.3 is 0 Å². The molecule has 1 aliphatic heterocycles. The van der Waals surface area contributed by atoms with Gasteiger partial charge in [-0.25, -0.2) is 0 Å². The Morgan fingerprint density at radius 3 is 2.43 bits per heavy atom. The number of hydrogen-bond donors (Lipinski definition) is 1. The van der Waals surface area contributed by atoms with E-state index in [1.165, 1.54) is 23.5 Å². The van der Waals surface area contributed by atoms with E-state index >= 15 is 0 Å². The van der Waals surface area contributed by atoms with Crippen molar-refractivity contribution in [2.45, 2.75) is 37.3 Å². The lowest BCUT2D eigenvalue weighted by Gasteiger charge is -2.23. The number of carbonyl (C=O) groups is 1. The lowest BCUT2D eigenvalue weighted by molar-refractivity contribution is 0.0789. The Bertz CT molecular complexity index is 498. The number of rotatable bonds is 6. The summed E-state index contributed by atoms with van der Waals surface area (Å²) in [5.74, 6) is 2.99. The molecule has 1 amide bonds. The molecule has 1 unspecified atom stereocenters. The van der Waals surface area contributed by atoms with Crippen LogP contribution in [-0.2, 0) is 0 Å². The van der Waals surface area contributed by atoms with Crippen molar-refractivity contribution < 1.29 is 4.79 Å². The van der Waals surface area contributed by atoms with Crippen molar-refractivity contribution in [1.29, 1.82) is 0 Å². The summed E-state index contributed by atoms with van der Waals surface area (Å²) in [6, 6.07) is 8.29. The molecule has 5 heteroatoms. The first kappa shape index (κ1) is 18.7. The van der Waals surface area contributed by atoms with Gasteiger partial charge in [0.1, 0.15) is 0 Å². The van der Waals surface area contributed by atoms with E-state index in [4.69, 9.17) is 5.73 Å². The zero-order valence-corrected chi connectivity index (χ0v) is 16.0. The van der Waals surface area contributed by atoms with Gasteiger partial charge in [0.15, 0.2) is 0 Å². The standard InChI is InChI=1S/C18H28N2OS2/c1-13(2)16(19)9-10-20(3)17(21)14-5-7-15(8-6-14)18-22-11-4-12-23-18/h5-8,13,16,18H,4,9-12,19H2,1-3H3. The van der Waals surface area contributed by atoms with Gasteiger partial charge in [-0.15, -0.1) is 23.5 Å². The third-order valence-corrected chi connectivity index (χ3v) is 7.27. The zero-order valence-electron chi connectivity index (χ0n) is 14.3. The normalized spacial score (nSPS) is 17.3. The molecule has 23 heavy (non-hydrogen) atoms. The molecule has 1 saturated heterocycles. The van der Waals surface area contributed by atoms with Crippen LogP contribution in [0.25, 0.3) is 0 Å². The van der Waals surface area contributed by atoms with Crippen LogP contribution < -0.4 is 5.73 Å². The molecule has 128 valence electrons. The average molecular weight is 353 g/mol. The Morgan fingerprint density at radius 2 is 1.87 bits per heavy atom. The second kappa shape index (κ2) is 9.00. The summed E-state index contributed by atoms with van der Waals surface area (Å²) < 4.78 is 0.523. The third-order valence-electron chi connectivity index (χ3n) is 4.26. The summed E-state index contributed by atoms with van der Waals surface area (Å²) in [7, 11) is 1.86. The molecule has 3 nitrogen and oxygen atoms in total. The van der Waals surface area contributed by atoms with Gasteiger partial charge in [0, 0.05) is 25.2 Å². The molecule has 0 aliphatic carbocycles. The van der Waals surface area contributed by atoms with Gasteiger partial charge in [-0.1, -0.05) is 26.0 Å². The Kier molecular flexibility index (Phi) is 7.31. The van der Waals surface area contributed by atoms with Crippen molar-refractivity contribution in [2.75, 3.05) is 25.1 Å². The van der Waals surface area contributed by atoms with Gasteiger partial charge in [-0.3, -0.25) is 4.79 Å². The van der Waals surface area contributed by atoms with Gasteiger partial charge in [0.2, 0.25) is 0 Å². The number of carbonyl (C=O) groups excluding carboxylic acids is 1. The van der Waals surface area contributed by atoms with Crippen LogP contribution in [-0.4, -0.2) is 41.9 Å². The van der Waals surface area contributed by atoms with Crippen LogP contribution in [0.4, 0.5) is 0 Å². The Balaban J connectivity index is 1.91. The molecular weight excluding hydrogens is 324 g/mol. The van der Waals surface area contributed by atoms with Crippen LogP contribution in [0.15, 0.2) is 24.3 Å². The van der Waals surface area contributed by atoms with Crippen LogP contribution in [0, 0.1) is 5.92 Å². The summed E-state index contributed by atoms with van der Waals surface area (Å²) >= 11 is 4.01. The van der Waals surface area contributed by atoms with E-state index in [9.17, 15) is 4.79 Å². The van der Waals surface area contributed by atoms with Gasteiger partial charge in [0.05, 0.1) is 4.58 Å². The van der Waals surface area contributed by atoms with E-state index in [1.807, 2.05) is 42.7 Å². The first-order chi connectivity index (χ1) is 11.0. The molecule has 0 radical (unpaired) electrons. The van der Waals surface area contributed by atoms with E-state index < -0.39 is 0 Å². The van der Waals surface area contributed by atoms with Crippen LogP contribution in [0.3, 0.4) is 0 Å². The molecule has 1 aliphatic rings. The first-order valence-electron chi connectivity index (χ1n) is 8.33. The topological polar surface area (TPSA) is 46.3 Å². The molecule has 0 aromatic heterocycles. The van der Waals surface area contributed by atoms with E-state index in [0.717, 1.165) is 12.0 Å². The van der Waals surface area contributed by atoms with E-state index in [-0.39, 0.29) is 11.9 Å². The Morgan fingerprint density at radius 1 is 1.26 bits per heavy atom. The van der Waals surface area contributed by atoms with Crippen molar-refractivity contribution in [1.82, 2.24) is 4.90 Å². The second-order valence-corrected chi connectivity index (χ2v) is 9.20. The molecule has 1 aromatic rings. The zero-order chi connectivity index (χ0) is 16.8. The number of nitrogens with zero attached hydrogens (tertiary/aromatic N) is 1. The molecule has 2 N–H and O–H groups in total. The smallest absolute Gasteiger partial charge is 0.253 e. The Labute approximate surface area is 148 Å². The fourth-order valence-corrected chi connectivity index (χ4v) is 5.36. The third kappa shape index (κ3) is 5.44. The predicted octanol–water partition coefficient (Wildman–Crippen LogP) is 4.00. The minimum atomic E-state index is 0.0801. The number of hydrogen-bond acceptors (Lipinski definition) is 4. The van der Waals surface area contributed by atoms with Gasteiger partial charge in [-0.2, -0.15) is 0 Å². The second-order valence-electron chi connectivity index (χ2n) is 6.47. The molecular formula is C18H28N2OS2. The number of thioether (sulfide) groups is 2. The van der Waals surface area contributed by atoms with Crippen LogP contribution in [0.2, 0.25) is 0 Å². The van der Waals surface area contributed by atoms with Crippen molar-refractivity contribution in [3.05, 3.63) is 35.4 Å². The average Bonchev–Trinajstić information content (AvgIpc) is 2.59. The minimum Gasteiger partial charge on any atom is -0.342 e. The highest BCUT2D eigenvalue weighted by Crippen LogP contribution is 2.43. The maximum absolute atomic E-state index is 12.5. The van der Waals surface area contributed by atoms with Crippen LogP contribution >= 0.6 is 23.5 Å². The molecule has 1 atom stereocenters. The minimum absolute atomic E-state index is 0.0801. The largest absolute Gasteiger partial charge is 0.342 e. The quantitative estimate of drug-likeness (QED) is 0.840. The molecule has 1 fully saturated rings. The lowest BCUT2D eigenvalue weighted by atomic mass is 10.0. The summed E-state index contributed by atoms with van der Waals surface area (Å²) in [6.07, 6.45) is 2.14. The number of nitrogens with two attached hydrogens (primary N) is 1. The summed E-state index contributed by atoms with van der Waals surface area (Å²) in [5.41, 5.74) is 8.15. The molecule has 0 bridgehead atoms. The van der Waals surface area contributed by atoms with Crippen molar-refractivity contribution >= 4 is 29.4 Å². The molecule has 0 spiro atoms. The van der Waals surface area contributed by atoms with Crippen molar-refractivity contribution in [3.63, 3.8) is 0 Å². The predicted molar refractivity (Wildman–Crippen MR) is 103 cm³/mol. The molecule has 1 heterocycles. The number of amides is 1. The lowest BCUT2D eigenvalue weighted by Crippen LogP contribution is -2.34. The van der Waals surface area contributed by atoms with Gasteiger partial charge in [0.25, 0.3) is 5.91 Å². The van der Waals surface area contributed by atoms with Crippen molar-refractivity contribution in [2.24, 2.45) is 11.7 Å². The molecule has 0 saturated carbocycles. The van der Waals surface area contributed by atoms with E-state index in [2.05, 4.69) is 26.0 Å². The fraction of sp³-hybridized carbons (Fsp3) is 0.611. The van der Waals surface area contributed by atoms with Crippen LogP contribution in [0.1, 0.15) is 47.2 Å². The molecule has 1 aromatic carbocycles. The van der Waals surface area contributed by atoms with Gasteiger partial charge in [-0.05, 0) is 48.0 Å².